The maximum absolute atomic E-state index is 13.4. The van der Waals surface area contributed by atoms with Gasteiger partial charge in [-0.25, -0.2) is 0 Å². The molecule has 1 aromatic rings. The van der Waals surface area contributed by atoms with E-state index in [9.17, 15) is 27.7 Å². The van der Waals surface area contributed by atoms with E-state index in [-0.39, 0.29) is 30.4 Å². The van der Waals surface area contributed by atoms with Gasteiger partial charge in [0.1, 0.15) is 0 Å². The topological polar surface area (TPSA) is 58.4 Å². The van der Waals surface area contributed by atoms with Crippen molar-refractivity contribution in [2.45, 2.75) is 18.6 Å². The fourth-order valence-corrected chi connectivity index (χ4v) is 2.55. The van der Waals surface area contributed by atoms with Gasteiger partial charge in [0.2, 0.25) is 5.82 Å². The van der Waals surface area contributed by atoms with E-state index in [0.29, 0.717) is 26.2 Å². The van der Waals surface area contributed by atoms with Crippen LogP contribution >= 0.6 is 24.8 Å². The van der Waals surface area contributed by atoms with Crippen molar-refractivity contribution < 1.29 is 22.5 Å². The minimum Gasteiger partial charge on any atom is -0.314 e. The monoisotopic (exact) mass is 393 g/mol. The first-order valence-corrected chi connectivity index (χ1v) is 6.73. The van der Waals surface area contributed by atoms with Gasteiger partial charge in [-0.15, -0.1) is 24.8 Å². The molecule has 5 nitrogen and oxygen atoms in total. The van der Waals surface area contributed by atoms with Crippen molar-refractivity contribution in [1.82, 2.24) is 10.2 Å². The predicted molar refractivity (Wildman–Crippen MR) is 85.4 cm³/mol. The molecule has 0 aliphatic carbocycles. The van der Waals surface area contributed by atoms with Gasteiger partial charge >= 0.3 is 11.9 Å². The lowest BCUT2D eigenvalue weighted by Crippen LogP contribution is -2.46. The Morgan fingerprint density at radius 1 is 1.25 bits per heavy atom. The van der Waals surface area contributed by atoms with E-state index >= 15 is 0 Å². The zero-order valence-corrected chi connectivity index (χ0v) is 14.0. The first-order chi connectivity index (χ1) is 10.3. The van der Waals surface area contributed by atoms with Gasteiger partial charge in [0.25, 0.3) is 0 Å². The summed E-state index contributed by atoms with van der Waals surface area (Å²) in [6.07, 6.45) is -5.55. The van der Waals surface area contributed by atoms with E-state index in [1.165, 1.54) is 6.07 Å². The molecule has 0 amide bonds. The average molecular weight is 394 g/mol. The van der Waals surface area contributed by atoms with E-state index < -0.39 is 35.1 Å². The number of hydrogen-bond acceptors (Lipinski definition) is 4. The van der Waals surface area contributed by atoms with Gasteiger partial charge in [-0.1, -0.05) is 6.07 Å². The molecule has 0 aromatic heterocycles. The molecule has 1 saturated heterocycles. The van der Waals surface area contributed by atoms with Gasteiger partial charge in [-0.05, 0) is 11.6 Å². The molecule has 138 valence electrons. The molecule has 1 N–H and O–H groups in total. The first-order valence-electron chi connectivity index (χ1n) is 6.73. The standard InChI is InChI=1S/C13H15F4N3O2.2ClH/c14-10-2-1-9(7-11(10)20(21)22)12(8-13(15,16)17)19-5-3-18-4-6-19;;/h1-2,7,12,18H,3-6,8H2;2*1H/t12-;;/m1../s1. The summed E-state index contributed by atoms with van der Waals surface area (Å²) in [7, 11) is 0. The van der Waals surface area contributed by atoms with Crippen molar-refractivity contribution in [1.29, 1.82) is 0 Å². The molecular weight excluding hydrogens is 377 g/mol. The van der Waals surface area contributed by atoms with E-state index in [2.05, 4.69) is 5.32 Å². The summed E-state index contributed by atoms with van der Waals surface area (Å²) in [5.74, 6) is -1.06. The normalized spacial score (nSPS) is 16.7. The largest absolute Gasteiger partial charge is 0.390 e. The van der Waals surface area contributed by atoms with Crippen molar-refractivity contribution in [3.63, 3.8) is 0 Å². The zero-order valence-electron chi connectivity index (χ0n) is 12.4. The van der Waals surface area contributed by atoms with E-state index in [1.54, 1.807) is 4.90 Å². The maximum atomic E-state index is 13.4. The van der Waals surface area contributed by atoms with E-state index in [0.717, 1.165) is 12.1 Å². The number of rotatable bonds is 4. The van der Waals surface area contributed by atoms with Crippen molar-refractivity contribution in [2.75, 3.05) is 26.2 Å². The van der Waals surface area contributed by atoms with Crippen LogP contribution in [0.1, 0.15) is 18.0 Å². The smallest absolute Gasteiger partial charge is 0.314 e. The second-order valence-electron chi connectivity index (χ2n) is 5.09. The second-order valence-corrected chi connectivity index (χ2v) is 5.09. The zero-order chi connectivity index (χ0) is 16.3. The summed E-state index contributed by atoms with van der Waals surface area (Å²) in [5.41, 5.74) is -0.702. The Morgan fingerprint density at radius 2 is 1.83 bits per heavy atom. The maximum Gasteiger partial charge on any atom is 0.390 e. The lowest BCUT2D eigenvalue weighted by Gasteiger charge is -2.35. The number of hydrogen-bond donors (Lipinski definition) is 1. The molecule has 1 aliphatic heterocycles. The Bertz CT molecular complexity index is 555. The molecule has 2 rings (SSSR count). The van der Waals surface area contributed by atoms with Crippen LogP contribution in [0.2, 0.25) is 0 Å². The number of piperazine rings is 1. The van der Waals surface area contributed by atoms with Crippen molar-refractivity contribution >= 4 is 30.5 Å². The van der Waals surface area contributed by atoms with Crippen LogP contribution in [0.5, 0.6) is 0 Å². The molecule has 11 heteroatoms. The van der Waals surface area contributed by atoms with Gasteiger partial charge < -0.3 is 5.32 Å². The lowest BCUT2D eigenvalue weighted by atomic mass is 10.00. The SMILES string of the molecule is Cl.Cl.O=[N+]([O-])c1cc([C@@H](CC(F)(F)F)N2CCNCC2)ccc1F. The molecule has 1 atom stereocenters. The number of nitrogens with zero attached hydrogens (tertiary/aromatic N) is 2. The molecule has 0 spiro atoms. The molecule has 0 saturated carbocycles. The molecule has 1 heterocycles. The fourth-order valence-electron chi connectivity index (χ4n) is 2.55. The molecule has 1 aliphatic rings. The van der Waals surface area contributed by atoms with Crippen LogP contribution in [-0.4, -0.2) is 42.2 Å². The highest BCUT2D eigenvalue weighted by atomic mass is 35.5. The second kappa shape index (κ2) is 9.36. The van der Waals surface area contributed by atoms with Gasteiger partial charge in [0, 0.05) is 38.3 Å². The van der Waals surface area contributed by atoms with Crippen LogP contribution in [0.3, 0.4) is 0 Å². The Labute approximate surface area is 148 Å². The average Bonchev–Trinajstić information content (AvgIpc) is 2.45. The quantitative estimate of drug-likeness (QED) is 0.483. The minimum atomic E-state index is -4.42. The van der Waals surface area contributed by atoms with Crippen molar-refractivity contribution in [2.24, 2.45) is 0 Å². The Hall–Kier alpha value is -1.16. The summed E-state index contributed by atoms with van der Waals surface area (Å²) in [6.45, 7) is 1.87. The Morgan fingerprint density at radius 3 is 2.33 bits per heavy atom. The molecular formula is C13H17Cl2F4N3O2. The molecule has 1 fully saturated rings. The molecule has 24 heavy (non-hydrogen) atoms. The van der Waals surface area contributed by atoms with Gasteiger partial charge in [0.15, 0.2) is 0 Å². The Balaban J connectivity index is 0.00000264. The summed E-state index contributed by atoms with van der Waals surface area (Å²) in [4.78, 5) is 11.5. The van der Waals surface area contributed by atoms with Crippen LogP contribution in [0.15, 0.2) is 18.2 Å². The predicted octanol–water partition coefficient (Wildman–Crippen LogP) is 3.48. The van der Waals surface area contributed by atoms with Gasteiger partial charge in [-0.2, -0.15) is 17.6 Å². The molecule has 1 aromatic carbocycles. The number of nitrogens with one attached hydrogen (secondary N) is 1. The fraction of sp³-hybridized carbons (Fsp3) is 0.538. The number of halogens is 6. The summed E-state index contributed by atoms with van der Waals surface area (Å²) >= 11 is 0. The first kappa shape index (κ1) is 22.8. The van der Waals surface area contributed by atoms with Crippen LogP contribution < -0.4 is 5.32 Å². The molecule has 0 radical (unpaired) electrons. The third kappa shape index (κ3) is 6.04. The minimum absolute atomic E-state index is 0. The highest BCUT2D eigenvalue weighted by molar-refractivity contribution is 5.85. The third-order valence-electron chi connectivity index (χ3n) is 3.57. The van der Waals surface area contributed by atoms with E-state index in [1.807, 2.05) is 0 Å². The van der Waals surface area contributed by atoms with Gasteiger partial charge in [0.05, 0.1) is 11.3 Å². The van der Waals surface area contributed by atoms with Crippen LogP contribution in [0.4, 0.5) is 23.2 Å². The number of benzene rings is 1. The summed E-state index contributed by atoms with van der Waals surface area (Å²) < 4.78 is 51.9. The van der Waals surface area contributed by atoms with Crippen molar-refractivity contribution in [3.05, 3.63) is 39.7 Å². The van der Waals surface area contributed by atoms with Crippen LogP contribution in [0.25, 0.3) is 0 Å². The summed E-state index contributed by atoms with van der Waals surface area (Å²) in [6, 6.07) is 1.87. The van der Waals surface area contributed by atoms with Gasteiger partial charge in [-0.3, -0.25) is 15.0 Å². The molecule has 0 bridgehead atoms. The summed E-state index contributed by atoms with van der Waals surface area (Å²) in [5, 5.41) is 13.8. The number of nitro benzene ring substituents is 1. The lowest BCUT2D eigenvalue weighted by molar-refractivity contribution is -0.387. The van der Waals surface area contributed by atoms with Crippen molar-refractivity contribution in [3.8, 4) is 0 Å². The van der Waals surface area contributed by atoms with E-state index in [4.69, 9.17) is 0 Å². The number of alkyl halides is 3. The highest BCUT2D eigenvalue weighted by Gasteiger charge is 2.36. The van der Waals surface area contributed by atoms with Crippen LogP contribution in [-0.2, 0) is 0 Å². The van der Waals surface area contributed by atoms with Crippen LogP contribution in [0, 0.1) is 15.9 Å². The third-order valence-corrected chi connectivity index (χ3v) is 3.57. The highest BCUT2D eigenvalue weighted by Crippen LogP contribution is 2.35. The number of nitro groups is 1. The molecule has 0 unspecified atom stereocenters. The Kier molecular flexibility index (Phi) is 8.90.